The van der Waals surface area contributed by atoms with Gasteiger partial charge in [0.1, 0.15) is 0 Å². The number of hydrogen-bond acceptors (Lipinski definition) is 2. The van der Waals surface area contributed by atoms with Crippen LogP contribution in [0, 0.1) is 11.8 Å². The third kappa shape index (κ3) is 3.06. The highest BCUT2D eigenvalue weighted by Gasteiger charge is 2.42. The molecule has 1 atom stereocenters. The summed E-state index contributed by atoms with van der Waals surface area (Å²) in [6.07, 6.45) is 12.9. The second-order valence-electron chi connectivity index (χ2n) is 7.67. The standard InChI is InChI=1S/C18H34N2/c1-3-18(4-2)14-19-17(16-8-6-5-7-9-16)13-20(18)12-15-10-11-15/h15-17,19H,3-14H2,1-2H3. The van der Waals surface area contributed by atoms with Gasteiger partial charge in [-0.3, -0.25) is 4.90 Å². The molecule has 116 valence electrons. The Hall–Kier alpha value is -0.0800. The van der Waals surface area contributed by atoms with E-state index >= 15 is 0 Å². The second-order valence-corrected chi connectivity index (χ2v) is 7.67. The molecule has 0 aromatic carbocycles. The first-order chi connectivity index (χ1) is 9.77. The van der Waals surface area contributed by atoms with Crippen LogP contribution in [0.1, 0.15) is 71.6 Å². The minimum atomic E-state index is 0.452. The van der Waals surface area contributed by atoms with Gasteiger partial charge in [-0.05, 0) is 50.4 Å². The van der Waals surface area contributed by atoms with Crippen molar-refractivity contribution in [1.29, 1.82) is 0 Å². The lowest BCUT2D eigenvalue weighted by Crippen LogP contribution is -2.66. The molecule has 0 amide bonds. The number of nitrogens with zero attached hydrogens (tertiary/aromatic N) is 1. The molecule has 3 aliphatic rings. The van der Waals surface area contributed by atoms with Gasteiger partial charge >= 0.3 is 0 Å². The normalized spacial score (nSPS) is 32.4. The molecule has 0 bridgehead atoms. The number of nitrogens with one attached hydrogen (secondary N) is 1. The Balaban J connectivity index is 1.66. The van der Waals surface area contributed by atoms with Crippen molar-refractivity contribution < 1.29 is 0 Å². The first kappa shape index (κ1) is 14.8. The van der Waals surface area contributed by atoms with Crippen LogP contribution in [0.15, 0.2) is 0 Å². The highest BCUT2D eigenvalue weighted by Crippen LogP contribution is 2.37. The van der Waals surface area contributed by atoms with Crippen molar-refractivity contribution in [1.82, 2.24) is 10.2 Å². The van der Waals surface area contributed by atoms with Gasteiger partial charge in [0.25, 0.3) is 0 Å². The van der Waals surface area contributed by atoms with Crippen molar-refractivity contribution in [2.24, 2.45) is 11.8 Å². The van der Waals surface area contributed by atoms with Crippen molar-refractivity contribution in [3.05, 3.63) is 0 Å². The van der Waals surface area contributed by atoms with Crippen LogP contribution in [-0.2, 0) is 0 Å². The van der Waals surface area contributed by atoms with Crippen LogP contribution in [0.3, 0.4) is 0 Å². The zero-order valence-corrected chi connectivity index (χ0v) is 13.7. The van der Waals surface area contributed by atoms with E-state index in [2.05, 4.69) is 24.1 Å². The molecule has 3 fully saturated rings. The maximum absolute atomic E-state index is 3.96. The predicted molar refractivity (Wildman–Crippen MR) is 86.0 cm³/mol. The highest BCUT2D eigenvalue weighted by molar-refractivity contribution is 5.00. The predicted octanol–water partition coefficient (Wildman–Crippen LogP) is 3.81. The number of rotatable bonds is 5. The van der Waals surface area contributed by atoms with E-state index in [0.29, 0.717) is 5.54 Å². The third-order valence-electron chi connectivity index (χ3n) is 6.49. The van der Waals surface area contributed by atoms with E-state index in [4.69, 9.17) is 0 Å². The maximum atomic E-state index is 3.96. The monoisotopic (exact) mass is 278 g/mol. The molecule has 20 heavy (non-hydrogen) atoms. The van der Waals surface area contributed by atoms with Crippen LogP contribution < -0.4 is 5.32 Å². The molecular weight excluding hydrogens is 244 g/mol. The summed E-state index contributed by atoms with van der Waals surface area (Å²) in [5.74, 6) is 1.98. The summed E-state index contributed by atoms with van der Waals surface area (Å²) in [7, 11) is 0. The van der Waals surface area contributed by atoms with Crippen molar-refractivity contribution in [3.8, 4) is 0 Å². The molecule has 0 radical (unpaired) electrons. The van der Waals surface area contributed by atoms with Crippen LogP contribution in [0.2, 0.25) is 0 Å². The van der Waals surface area contributed by atoms with Crippen molar-refractivity contribution >= 4 is 0 Å². The minimum absolute atomic E-state index is 0.452. The van der Waals surface area contributed by atoms with E-state index in [1.807, 2.05) is 0 Å². The molecule has 1 heterocycles. The lowest BCUT2D eigenvalue weighted by atomic mass is 9.79. The van der Waals surface area contributed by atoms with Crippen LogP contribution in [-0.4, -0.2) is 36.1 Å². The Bertz CT molecular complexity index is 301. The second kappa shape index (κ2) is 6.36. The fourth-order valence-electron chi connectivity index (χ4n) is 4.61. The zero-order chi connectivity index (χ0) is 14.0. The van der Waals surface area contributed by atoms with Crippen LogP contribution in [0.4, 0.5) is 0 Å². The molecule has 2 aliphatic carbocycles. The summed E-state index contributed by atoms with van der Waals surface area (Å²) in [5.41, 5.74) is 0.452. The molecule has 1 aliphatic heterocycles. The summed E-state index contributed by atoms with van der Waals surface area (Å²) in [6, 6.07) is 0.778. The fraction of sp³-hybridized carbons (Fsp3) is 1.00. The molecule has 1 N–H and O–H groups in total. The topological polar surface area (TPSA) is 15.3 Å². The fourth-order valence-corrected chi connectivity index (χ4v) is 4.61. The van der Waals surface area contributed by atoms with Gasteiger partial charge in [0, 0.05) is 31.2 Å². The van der Waals surface area contributed by atoms with E-state index in [-0.39, 0.29) is 0 Å². The van der Waals surface area contributed by atoms with Gasteiger partial charge < -0.3 is 5.32 Å². The number of hydrogen-bond donors (Lipinski definition) is 1. The zero-order valence-electron chi connectivity index (χ0n) is 13.7. The molecule has 1 unspecified atom stereocenters. The summed E-state index contributed by atoms with van der Waals surface area (Å²) in [6.45, 7) is 8.72. The Labute approximate surface area is 125 Å². The Morgan fingerprint density at radius 2 is 1.70 bits per heavy atom. The van der Waals surface area contributed by atoms with Crippen molar-refractivity contribution in [2.75, 3.05) is 19.6 Å². The average molecular weight is 278 g/mol. The van der Waals surface area contributed by atoms with E-state index < -0.39 is 0 Å². The summed E-state index contributed by atoms with van der Waals surface area (Å²) in [5, 5.41) is 3.96. The van der Waals surface area contributed by atoms with Gasteiger partial charge in [0.05, 0.1) is 0 Å². The van der Waals surface area contributed by atoms with E-state index in [1.165, 1.54) is 77.4 Å². The highest BCUT2D eigenvalue weighted by atomic mass is 15.3. The molecular formula is C18H34N2. The first-order valence-electron chi connectivity index (χ1n) is 9.26. The smallest absolute Gasteiger partial charge is 0.0329 e. The maximum Gasteiger partial charge on any atom is 0.0329 e. The molecule has 2 heteroatoms. The van der Waals surface area contributed by atoms with Crippen molar-refractivity contribution in [3.63, 3.8) is 0 Å². The van der Waals surface area contributed by atoms with Gasteiger partial charge in [-0.1, -0.05) is 33.1 Å². The van der Waals surface area contributed by atoms with E-state index in [1.54, 1.807) is 0 Å². The Morgan fingerprint density at radius 1 is 1.00 bits per heavy atom. The van der Waals surface area contributed by atoms with Crippen molar-refractivity contribution in [2.45, 2.75) is 83.2 Å². The SMILES string of the molecule is CCC1(CC)CNC(C2CCCCC2)CN1CC1CC1. The molecule has 2 nitrogen and oxygen atoms in total. The summed E-state index contributed by atoms with van der Waals surface area (Å²) >= 11 is 0. The van der Waals surface area contributed by atoms with Crippen LogP contribution in [0.25, 0.3) is 0 Å². The third-order valence-corrected chi connectivity index (χ3v) is 6.49. The van der Waals surface area contributed by atoms with Crippen LogP contribution in [0.5, 0.6) is 0 Å². The first-order valence-corrected chi connectivity index (χ1v) is 9.26. The van der Waals surface area contributed by atoms with Gasteiger partial charge in [-0.25, -0.2) is 0 Å². The van der Waals surface area contributed by atoms with E-state index in [9.17, 15) is 0 Å². The van der Waals surface area contributed by atoms with Crippen LogP contribution >= 0.6 is 0 Å². The van der Waals surface area contributed by atoms with Gasteiger partial charge in [-0.2, -0.15) is 0 Å². The lowest BCUT2D eigenvalue weighted by Gasteiger charge is -2.51. The number of piperazine rings is 1. The Kier molecular flexibility index (Phi) is 4.72. The summed E-state index contributed by atoms with van der Waals surface area (Å²) in [4.78, 5) is 2.90. The summed E-state index contributed by atoms with van der Waals surface area (Å²) < 4.78 is 0. The molecule has 0 aromatic rings. The van der Waals surface area contributed by atoms with Gasteiger partial charge in [0.15, 0.2) is 0 Å². The molecule has 0 aromatic heterocycles. The average Bonchev–Trinajstić information content (AvgIpc) is 3.32. The van der Waals surface area contributed by atoms with Gasteiger partial charge in [-0.15, -0.1) is 0 Å². The van der Waals surface area contributed by atoms with E-state index in [0.717, 1.165) is 17.9 Å². The molecule has 1 saturated heterocycles. The minimum Gasteiger partial charge on any atom is -0.311 e. The van der Waals surface area contributed by atoms with Gasteiger partial charge in [0.2, 0.25) is 0 Å². The molecule has 2 saturated carbocycles. The largest absolute Gasteiger partial charge is 0.311 e. The molecule has 3 rings (SSSR count). The quantitative estimate of drug-likeness (QED) is 0.822. The molecule has 0 spiro atoms. The Morgan fingerprint density at radius 3 is 2.30 bits per heavy atom. The lowest BCUT2D eigenvalue weighted by molar-refractivity contribution is 0.0112.